The Balaban J connectivity index is 1.80. The molecule has 1 aromatic heterocycles. The first-order valence-corrected chi connectivity index (χ1v) is 7.21. The first-order chi connectivity index (χ1) is 9.24. The van der Waals surface area contributed by atoms with Crippen LogP contribution in [0.15, 0.2) is 18.5 Å². The summed E-state index contributed by atoms with van der Waals surface area (Å²) in [7, 11) is 1.87. The summed E-state index contributed by atoms with van der Waals surface area (Å²) < 4.78 is 1.73. The molecule has 1 N–H and O–H groups in total. The molecule has 0 spiro atoms. The quantitative estimate of drug-likeness (QED) is 0.850. The number of aryl methyl sites for hydroxylation is 1. The first kappa shape index (κ1) is 13.8. The highest BCUT2D eigenvalue weighted by atomic mass is 16.1. The minimum atomic E-state index is 0.00873. The van der Waals surface area contributed by atoms with Crippen LogP contribution in [0.4, 0.5) is 0 Å². The summed E-state index contributed by atoms with van der Waals surface area (Å²) in [6.45, 7) is 0. The number of hydrogen-bond donors (Lipinski definition) is 1. The van der Waals surface area contributed by atoms with E-state index in [0.29, 0.717) is 6.04 Å². The predicted octanol–water partition coefficient (Wildman–Crippen LogP) is 2.66. The zero-order chi connectivity index (χ0) is 13.5. The summed E-state index contributed by atoms with van der Waals surface area (Å²) in [5.41, 5.74) is 0.954. The lowest BCUT2D eigenvalue weighted by Crippen LogP contribution is -2.34. The second-order valence-corrected chi connectivity index (χ2v) is 5.33. The van der Waals surface area contributed by atoms with Crippen LogP contribution in [0.25, 0.3) is 6.08 Å². The van der Waals surface area contributed by atoms with Crippen LogP contribution in [0.2, 0.25) is 0 Å². The molecule has 1 amide bonds. The SMILES string of the molecule is Cn1cc(/C=C/C(=O)NC2CCCCCCC2)cn1. The normalized spacial score (nSPS) is 18.2. The molecule has 1 saturated carbocycles. The number of aromatic nitrogens is 2. The van der Waals surface area contributed by atoms with Gasteiger partial charge in [-0.05, 0) is 18.9 Å². The molecule has 0 saturated heterocycles. The van der Waals surface area contributed by atoms with E-state index >= 15 is 0 Å². The van der Waals surface area contributed by atoms with Crippen molar-refractivity contribution >= 4 is 12.0 Å². The zero-order valence-electron chi connectivity index (χ0n) is 11.6. The van der Waals surface area contributed by atoms with Gasteiger partial charge in [0, 0.05) is 30.9 Å². The highest BCUT2D eigenvalue weighted by Crippen LogP contribution is 2.17. The van der Waals surface area contributed by atoms with Gasteiger partial charge in [0.25, 0.3) is 0 Å². The minimum Gasteiger partial charge on any atom is -0.350 e. The summed E-state index contributed by atoms with van der Waals surface area (Å²) in [5, 5.41) is 7.18. The third kappa shape index (κ3) is 4.89. The fourth-order valence-electron chi connectivity index (χ4n) is 2.55. The smallest absolute Gasteiger partial charge is 0.244 e. The number of carbonyl (C=O) groups is 1. The Labute approximate surface area is 114 Å². The fraction of sp³-hybridized carbons (Fsp3) is 0.600. The largest absolute Gasteiger partial charge is 0.350 e. The Morgan fingerprint density at radius 2 is 2.00 bits per heavy atom. The lowest BCUT2D eigenvalue weighted by Gasteiger charge is -2.20. The van der Waals surface area contributed by atoms with Gasteiger partial charge in [-0.2, -0.15) is 5.10 Å². The maximum Gasteiger partial charge on any atom is 0.244 e. The van der Waals surface area contributed by atoms with E-state index in [9.17, 15) is 4.79 Å². The van der Waals surface area contributed by atoms with Gasteiger partial charge >= 0.3 is 0 Å². The monoisotopic (exact) mass is 261 g/mol. The highest BCUT2D eigenvalue weighted by Gasteiger charge is 2.12. The van der Waals surface area contributed by atoms with Gasteiger partial charge in [-0.1, -0.05) is 32.1 Å². The molecule has 0 aromatic carbocycles. The van der Waals surface area contributed by atoms with Gasteiger partial charge < -0.3 is 5.32 Å². The molecule has 1 fully saturated rings. The van der Waals surface area contributed by atoms with Crippen molar-refractivity contribution in [3.8, 4) is 0 Å². The van der Waals surface area contributed by atoms with Crippen LogP contribution in [0.5, 0.6) is 0 Å². The lowest BCUT2D eigenvalue weighted by molar-refractivity contribution is -0.117. The van der Waals surface area contributed by atoms with Gasteiger partial charge in [-0.25, -0.2) is 0 Å². The molecule has 4 nitrogen and oxygen atoms in total. The topological polar surface area (TPSA) is 46.9 Å². The Morgan fingerprint density at radius 3 is 2.63 bits per heavy atom. The number of nitrogens with one attached hydrogen (secondary N) is 1. The lowest BCUT2D eigenvalue weighted by atomic mass is 9.97. The molecule has 4 heteroatoms. The average molecular weight is 261 g/mol. The maximum atomic E-state index is 11.9. The molecule has 1 heterocycles. The van der Waals surface area contributed by atoms with E-state index < -0.39 is 0 Å². The summed E-state index contributed by atoms with van der Waals surface area (Å²) in [4.78, 5) is 11.9. The number of nitrogens with zero attached hydrogens (tertiary/aromatic N) is 2. The first-order valence-electron chi connectivity index (χ1n) is 7.21. The fourth-order valence-corrected chi connectivity index (χ4v) is 2.55. The minimum absolute atomic E-state index is 0.00873. The summed E-state index contributed by atoms with van der Waals surface area (Å²) in [6.07, 6.45) is 15.7. The third-order valence-corrected chi connectivity index (χ3v) is 3.60. The van der Waals surface area contributed by atoms with Crippen molar-refractivity contribution in [3.05, 3.63) is 24.0 Å². The van der Waals surface area contributed by atoms with Crippen LogP contribution >= 0.6 is 0 Å². The van der Waals surface area contributed by atoms with Crippen molar-refractivity contribution in [2.75, 3.05) is 0 Å². The van der Waals surface area contributed by atoms with Gasteiger partial charge in [-0.3, -0.25) is 9.48 Å². The molecule has 0 bridgehead atoms. The van der Waals surface area contributed by atoms with E-state index in [2.05, 4.69) is 10.4 Å². The molecule has 19 heavy (non-hydrogen) atoms. The Hall–Kier alpha value is -1.58. The van der Waals surface area contributed by atoms with Crippen molar-refractivity contribution in [3.63, 3.8) is 0 Å². The number of rotatable bonds is 3. The van der Waals surface area contributed by atoms with Crippen molar-refractivity contribution < 1.29 is 4.79 Å². The number of carbonyl (C=O) groups excluding carboxylic acids is 1. The zero-order valence-corrected chi connectivity index (χ0v) is 11.6. The molecule has 0 radical (unpaired) electrons. The van der Waals surface area contributed by atoms with Crippen molar-refractivity contribution in [1.82, 2.24) is 15.1 Å². The van der Waals surface area contributed by atoms with Gasteiger partial charge in [0.15, 0.2) is 0 Å². The molecular weight excluding hydrogens is 238 g/mol. The molecule has 0 atom stereocenters. The molecule has 2 rings (SSSR count). The van der Waals surface area contributed by atoms with E-state index in [0.717, 1.165) is 18.4 Å². The van der Waals surface area contributed by atoms with Crippen LogP contribution in [-0.4, -0.2) is 21.7 Å². The van der Waals surface area contributed by atoms with Crippen molar-refractivity contribution in [2.24, 2.45) is 7.05 Å². The predicted molar refractivity (Wildman–Crippen MR) is 76.5 cm³/mol. The second-order valence-electron chi connectivity index (χ2n) is 5.33. The van der Waals surface area contributed by atoms with E-state index in [4.69, 9.17) is 0 Å². The molecule has 1 aliphatic rings. The summed E-state index contributed by atoms with van der Waals surface area (Å²) in [6, 6.07) is 0.353. The molecule has 1 aliphatic carbocycles. The van der Waals surface area contributed by atoms with E-state index in [1.54, 1.807) is 17.0 Å². The van der Waals surface area contributed by atoms with Crippen molar-refractivity contribution in [2.45, 2.75) is 51.0 Å². The van der Waals surface area contributed by atoms with Crippen LogP contribution in [0, 0.1) is 0 Å². The maximum absolute atomic E-state index is 11.9. The molecule has 1 aromatic rings. The van der Waals surface area contributed by atoms with Crippen LogP contribution in [0.3, 0.4) is 0 Å². The van der Waals surface area contributed by atoms with Gasteiger partial charge in [0.1, 0.15) is 0 Å². The summed E-state index contributed by atoms with van der Waals surface area (Å²) in [5.74, 6) is 0.00873. The third-order valence-electron chi connectivity index (χ3n) is 3.60. The molecule has 104 valence electrons. The van der Waals surface area contributed by atoms with E-state index in [-0.39, 0.29) is 5.91 Å². The van der Waals surface area contributed by atoms with E-state index in [1.807, 2.05) is 19.3 Å². The van der Waals surface area contributed by atoms with Crippen molar-refractivity contribution in [1.29, 1.82) is 0 Å². The molecular formula is C15H23N3O. The van der Waals surface area contributed by atoms with Crippen LogP contribution < -0.4 is 5.32 Å². The summed E-state index contributed by atoms with van der Waals surface area (Å²) >= 11 is 0. The van der Waals surface area contributed by atoms with Gasteiger partial charge in [-0.15, -0.1) is 0 Å². The standard InChI is InChI=1S/C15H23N3O/c1-18-12-13(11-16-18)9-10-15(19)17-14-7-5-3-2-4-6-8-14/h9-12,14H,2-8H2,1H3,(H,17,19)/b10-9+. The highest BCUT2D eigenvalue weighted by molar-refractivity contribution is 5.91. The number of amides is 1. The van der Waals surface area contributed by atoms with Gasteiger partial charge in [0.05, 0.1) is 6.20 Å². The Kier molecular flexibility index (Phi) is 5.19. The molecule has 0 aliphatic heterocycles. The van der Waals surface area contributed by atoms with Crippen LogP contribution in [0.1, 0.15) is 50.5 Å². The number of hydrogen-bond acceptors (Lipinski definition) is 2. The Morgan fingerprint density at radius 1 is 1.32 bits per heavy atom. The van der Waals surface area contributed by atoms with Crippen LogP contribution in [-0.2, 0) is 11.8 Å². The van der Waals surface area contributed by atoms with Gasteiger partial charge in [0.2, 0.25) is 5.91 Å². The molecule has 0 unspecified atom stereocenters. The second kappa shape index (κ2) is 7.12. The Bertz CT molecular complexity index is 428. The van der Waals surface area contributed by atoms with E-state index in [1.165, 1.54) is 32.1 Å². The average Bonchev–Trinajstić information content (AvgIpc) is 2.76.